The van der Waals surface area contributed by atoms with E-state index in [1.807, 2.05) is 0 Å². The van der Waals surface area contributed by atoms with Crippen molar-refractivity contribution < 1.29 is 14.5 Å². The first kappa shape index (κ1) is 9.20. The monoisotopic (exact) mass is 203 g/mol. The van der Waals surface area contributed by atoms with Crippen molar-refractivity contribution in [2.45, 2.75) is 0 Å². The van der Waals surface area contributed by atoms with Crippen LogP contribution >= 0.6 is 0 Å². The van der Waals surface area contributed by atoms with Crippen molar-refractivity contribution in [2.24, 2.45) is 0 Å². The molecule has 0 atom stereocenters. The van der Waals surface area contributed by atoms with Crippen LogP contribution in [0.3, 0.4) is 0 Å². The number of carboxylic acids is 1. The van der Waals surface area contributed by atoms with Crippen LogP contribution in [0.25, 0.3) is 5.82 Å². The predicted molar refractivity (Wildman–Crippen MR) is 48.3 cm³/mol. The van der Waals surface area contributed by atoms with Crippen LogP contribution < -0.4 is 4.57 Å². The third kappa shape index (κ3) is 1.78. The quantitative estimate of drug-likeness (QED) is 0.686. The second-order valence-electron chi connectivity index (χ2n) is 2.74. The van der Waals surface area contributed by atoms with Crippen LogP contribution in [0.2, 0.25) is 0 Å². The van der Waals surface area contributed by atoms with Crippen molar-refractivity contribution >= 4 is 5.97 Å². The Morgan fingerprint density at radius 2 is 2.20 bits per heavy atom. The fraction of sp³-hybridized carbons (Fsp3) is 0. The zero-order chi connectivity index (χ0) is 10.7. The van der Waals surface area contributed by atoms with Gasteiger partial charge in [-0.05, 0) is 12.1 Å². The van der Waals surface area contributed by atoms with Crippen molar-refractivity contribution in [1.29, 1.82) is 0 Å². The number of rotatable bonds is 2. The van der Waals surface area contributed by atoms with Crippen LogP contribution in [-0.4, -0.2) is 26.5 Å². The highest BCUT2D eigenvalue weighted by Gasteiger charge is 2.17. The van der Waals surface area contributed by atoms with E-state index in [1.54, 1.807) is 24.4 Å². The van der Waals surface area contributed by atoms with E-state index in [-0.39, 0.29) is 5.69 Å². The molecular weight excluding hydrogens is 196 g/mol. The van der Waals surface area contributed by atoms with E-state index in [2.05, 4.69) is 15.4 Å². The van der Waals surface area contributed by atoms with Crippen LogP contribution in [0.5, 0.6) is 0 Å². The van der Waals surface area contributed by atoms with Gasteiger partial charge in [-0.25, -0.2) is 4.79 Å². The predicted octanol–water partition coefficient (Wildman–Crippen LogP) is -0.154. The number of aromatic nitrogens is 4. The summed E-state index contributed by atoms with van der Waals surface area (Å²) in [6.45, 7) is 0. The lowest BCUT2D eigenvalue weighted by atomic mass is 10.3. The van der Waals surface area contributed by atoms with Gasteiger partial charge in [-0.15, -0.1) is 5.10 Å². The van der Waals surface area contributed by atoms with Gasteiger partial charge in [-0.3, -0.25) is 0 Å². The Morgan fingerprint density at radius 3 is 2.87 bits per heavy atom. The smallest absolute Gasteiger partial charge is 0.376 e. The fourth-order valence-electron chi connectivity index (χ4n) is 1.18. The third-order valence-electron chi connectivity index (χ3n) is 1.81. The molecule has 0 spiro atoms. The highest BCUT2D eigenvalue weighted by Crippen LogP contribution is 1.96. The Bertz CT molecular complexity index is 486. The number of hydrogen-bond acceptors (Lipinski definition) is 4. The van der Waals surface area contributed by atoms with E-state index in [0.717, 1.165) is 0 Å². The van der Waals surface area contributed by atoms with Gasteiger partial charge in [0, 0.05) is 0 Å². The van der Waals surface area contributed by atoms with Gasteiger partial charge in [0.25, 0.3) is 0 Å². The molecule has 0 radical (unpaired) electrons. The highest BCUT2D eigenvalue weighted by atomic mass is 16.4. The normalized spacial score (nSPS) is 9.87. The summed E-state index contributed by atoms with van der Waals surface area (Å²) in [6, 6.07) is 6.44. The van der Waals surface area contributed by atoms with E-state index >= 15 is 0 Å². The van der Waals surface area contributed by atoms with E-state index in [9.17, 15) is 4.79 Å². The summed E-state index contributed by atoms with van der Waals surface area (Å²) in [5.41, 5.74) is 0.123. The van der Waals surface area contributed by atoms with Crippen molar-refractivity contribution in [2.75, 3.05) is 0 Å². The molecule has 0 aliphatic heterocycles. The van der Waals surface area contributed by atoms with Gasteiger partial charge < -0.3 is 5.11 Å². The molecule has 0 bridgehead atoms. The number of carbonyl (C=O) groups is 1. The molecule has 1 N–H and O–H groups in total. The van der Waals surface area contributed by atoms with Gasteiger partial charge in [0.2, 0.25) is 5.69 Å². The Hall–Kier alpha value is -2.37. The van der Waals surface area contributed by atoms with Crippen LogP contribution in [-0.2, 0) is 0 Å². The highest BCUT2D eigenvalue weighted by molar-refractivity contribution is 5.83. The first-order valence-corrected chi connectivity index (χ1v) is 4.18. The molecule has 6 heteroatoms. The molecule has 0 saturated heterocycles. The molecule has 15 heavy (non-hydrogen) atoms. The largest absolute Gasteiger partial charge is 0.475 e. The molecule has 0 aliphatic rings. The average molecular weight is 203 g/mol. The molecule has 0 unspecified atom stereocenters. The van der Waals surface area contributed by atoms with E-state index in [4.69, 9.17) is 5.11 Å². The topological polar surface area (TPSA) is 79.9 Å². The molecule has 74 valence electrons. The van der Waals surface area contributed by atoms with Crippen LogP contribution in [0.1, 0.15) is 10.5 Å². The second kappa shape index (κ2) is 3.79. The van der Waals surface area contributed by atoms with Gasteiger partial charge >= 0.3 is 11.8 Å². The minimum atomic E-state index is -1.02. The Balaban J connectivity index is 2.58. The first-order chi connectivity index (χ1) is 7.29. The Morgan fingerprint density at radius 1 is 1.33 bits per heavy atom. The summed E-state index contributed by atoms with van der Waals surface area (Å²) in [5, 5.41) is 19.6. The third-order valence-corrected chi connectivity index (χ3v) is 1.81. The van der Waals surface area contributed by atoms with E-state index in [0.29, 0.717) is 5.82 Å². The van der Waals surface area contributed by atoms with Crippen LogP contribution in [0, 0.1) is 0 Å². The fourth-order valence-corrected chi connectivity index (χ4v) is 1.18. The van der Waals surface area contributed by atoms with Crippen molar-refractivity contribution in [3.05, 3.63) is 42.4 Å². The minimum absolute atomic E-state index is 0.123. The van der Waals surface area contributed by atoms with Gasteiger partial charge in [0.15, 0.2) is 0 Å². The second-order valence-corrected chi connectivity index (χ2v) is 2.74. The SMILES string of the molecule is O=C(O)c1cccc[n+]1-c1ccnnn1. The zero-order valence-electron chi connectivity index (χ0n) is 7.61. The summed E-state index contributed by atoms with van der Waals surface area (Å²) in [4.78, 5) is 10.9. The van der Waals surface area contributed by atoms with Crippen LogP contribution in [0.15, 0.2) is 36.7 Å². The molecule has 6 nitrogen and oxygen atoms in total. The molecular formula is C9H7N4O2+. The lowest BCUT2D eigenvalue weighted by Gasteiger charge is -1.98. The van der Waals surface area contributed by atoms with Gasteiger partial charge in [-0.2, -0.15) is 4.57 Å². The van der Waals surface area contributed by atoms with Gasteiger partial charge in [-0.1, -0.05) is 6.07 Å². The molecule has 0 amide bonds. The standard InChI is InChI=1S/C9H6N4O2/c14-9(15)7-3-1-2-6-13(7)8-4-5-10-12-11-8/h1-6H/p+1. The summed E-state index contributed by atoms with van der Waals surface area (Å²) in [7, 11) is 0. The Kier molecular flexibility index (Phi) is 2.32. The molecule has 0 aromatic carbocycles. The number of carboxylic acid groups (broad SMARTS) is 1. The number of pyridine rings is 1. The molecule has 2 aromatic rings. The zero-order valence-corrected chi connectivity index (χ0v) is 7.61. The summed E-state index contributed by atoms with van der Waals surface area (Å²) < 4.78 is 1.43. The van der Waals surface area contributed by atoms with Crippen molar-refractivity contribution in [3.8, 4) is 5.82 Å². The molecule has 0 aliphatic carbocycles. The lowest BCUT2D eigenvalue weighted by molar-refractivity contribution is -0.603. The number of nitrogens with zero attached hydrogens (tertiary/aromatic N) is 4. The first-order valence-electron chi connectivity index (χ1n) is 4.18. The summed E-state index contributed by atoms with van der Waals surface area (Å²) in [6.07, 6.45) is 3.06. The average Bonchev–Trinajstić information content (AvgIpc) is 2.30. The van der Waals surface area contributed by atoms with Gasteiger partial charge in [0.1, 0.15) is 5.10 Å². The van der Waals surface area contributed by atoms with Crippen LogP contribution in [0.4, 0.5) is 0 Å². The number of aromatic carboxylic acids is 1. The number of hydrogen-bond donors (Lipinski definition) is 1. The van der Waals surface area contributed by atoms with Gasteiger partial charge in [0.05, 0.1) is 23.7 Å². The molecule has 0 fully saturated rings. The molecule has 2 aromatic heterocycles. The summed E-state index contributed by atoms with van der Waals surface area (Å²) >= 11 is 0. The Labute approximate surface area is 84.8 Å². The maximum Gasteiger partial charge on any atom is 0.376 e. The molecule has 2 heterocycles. The van der Waals surface area contributed by atoms with E-state index in [1.165, 1.54) is 16.8 Å². The minimum Gasteiger partial charge on any atom is -0.475 e. The van der Waals surface area contributed by atoms with Crippen molar-refractivity contribution in [1.82, 2.24) is 15.4 Å². The lowest BCUT2D eigenvalue weighted by Crippen LogP contribution is -2.38. The van der Waals surface area contributed by atoms with E-state index < -0.39 is 5.97 Å². The molecule has 2 rings (SSSR count). The molecule has 0 saturated carbocycles. The van der Waals surface area contributed by atoms with Crippen molar-refractivity contribution in [3.63, 3.8) is 0 Å². The maximum absolute atomic E-state index is 10.9. The maximum atomic E-state index is 10.9. The summed E-state index contributed by atoms with van der Waals surface area (Å²) in [5.74, 6) is -0.600.